The van der Waals surface area contributed by atoms with Crippen LogP contribution in [0.2, 0.25) is 0 Å². The molecule has 0 saturated carbocycles. The lowest BCUT2D eigenvalue weighted by atomic mass is 9.82. The van der Waals surface area contributed by atoms with Crippen molar-refractivity contribution in [2.45, 2.75) is 97.4 Å². The third kappa shape index (κ3) is 6.30. The molecule has 0 unspecified atom stereocenters. The maximum atomic E-state index is 11.2. The summed E-state index contributed by atoms with van der Waals surface area (Å²) in [5.74, 6) is 0.402. The minimum atomic E-state index is -0.563. The highest BCUT2D eigenvalue weighted by atomic mass is 16.7. The standard InChI is InChI=1S/C22H38O5/c1-14(2)21-16(4)19(26-22(5,6)27-21)13-18-15(3)11-12-17(25-18)9-8-10-20(23)24-7/h8,10,14-19,21H,9,11-13H2,1-7H3/b10-8+/t15-,16-,17+,18+,19-,21+/m0/s1. The Morgan fingerprint density at radius 1 is 1.19 bits per heavy atom. The van der Waals surface area contributed by atoms with Gasteiger partial charge in [-0.15, -0.1) is 0 Å². The number of methoxy groups -OCH3 is 1. The van der Waals surface area contributed by atoms with Crippen LogP contribution in [0.5, 0.6) is 0 Å². The second-order valence-corrected chi connectivity index (χ2v) is 8.99. The van der Waals surface area contributed by atoms with Gasteiger partial charge in [-0.25, -0.2) is 4.79 Å². The van der Waals surface area contributed by atoms with E-state index in [1.165, 1.54) is 13.2 Å². The molecule has 156 valence electrons. The van der Waals surface area contributed by atoms with Crippen molar-refractivity contribution in [3.63, 3.8) is 0 Å². The van der Waals surface area contributed by atoms with E-state index in [0.717, 1.165) is 25.7 Å². The van der Waals surface area contributed by atoms with Gasteiger partial charge in [-0.05, 0) is 44.9 Å². The third-order valence-electron chi connectivity index (χ3n) is 5.88. The lowest BCUT2D eigenvalue weighted by molar-refractivity contribution is -0.330. The van der Waals surface area contributed by atoms with Gasteiger partial charge in [0, 0.05) is 18.4 Å². The molecule has 0 spiro atoms. The number of rotatable bonds is 6. The molecule has 2 aliphatic heterocycles. The van der Waals surface area contributed by atoms with E-state index in [1.54, 1.807) is 0 Å². The quantitative estimate of drug-likeness (QED) is 0.500. The van der Waals surface area contributed by atoms with Crippen LogP contribution in [0.15, 0.2) is 12.2 Å². The molecule has 6 atom stereocenters. The van der Waals surface area contributed by atoms with Crippen molar-refractivity contribution in [3.8, 4) is 0 Å². The number of esters is 1. The van der Waals surface area contributed by atoms with E-state index in [-0.39, 0.29) is 30.4 Å². The first-order chi connectivity index (χ1) is 12.6. The van der Waals surface area contributed by atoms with Gasteiger partial charge >= 0.3 is 5.97 Å². The number of hydrogen-bond acceptors (Lipinski definition) is 5. The molecular formula is C22H38O5. The van der Waals surface area contributed by atoms with Gasteiger partial charge in [0.25, 0.3) is 0 Å². The zero-order chi connectivity index (χ0) is 20.2. The molecule has 2 heterocycles. The Morgan fingerprint density at radius 2 is 1.89 bits per heavy atom. The number of ether oxygens (including phenoxy) is 4. The molecule has 2 fully saturated rings. The van der Waals surface area contributed by atoms with Crippen LogP contribution in [0.3, 0.4) is 0 Å². The summed E-state index contributed by atoms with van der Waals surface area (Å²) in [6.45, 7) is 12.9. The van der Waals surface area contributed by atoms with E-state index in [4.69, 9.17) is 14.2 Å². The van der Waals surface area contributed by atoms with E-state index in [1.807, 2.05) is 19.9 Å². The highest BCUT2D eigenvalue weighted by Gasteiger charge is 2.44. The summed E-state index contributed by atoms with van der Waals surface area (Å²) in [7, 11) is 1.39. The lowest BCUT2D eigenvalue weighted by Crippen LogP contribution is -2.53. The van der Waals surface area contributed by atoms with Gasteiger partial charge in [-0.1, -0.05) is 33.8 Å². The molecule has 0 amide bonds. The fourth-order valence-electron chi connectivity index (χ4n) is 4.31. The Hall–Kier alpha value is -0.910. The Kier molecular flexibility index (Phi) is 7.90. The predicted molar refractivity (Wildman–Crippen MR) is 105 cm³/mol. The average Bonchev–Trinajstić information content (AvgIpc) is 2.59. The van der Waals surface area contributed by atoms with Gasteiger partial charge < -0.3 is 18.9 Å². The van der Waals surface area contributed by atoms with Gasteiger partial charge in [0.05, 0.1) is 31.5 Å². The van der Waals surface area contributed by atoms with Gasteiger partial charge in [0.1, 0.15) is 0 Å². The van der Waals surface area contributed by atoms with Crippen molar-refractivity contribution in [2.24, 2.45) is 17.8 Å². The Bertz CT molecular complexity index is 513. The summed E-state index contributed by atoms with van der Waals surface area (Å²) >= 11 is 0. The maximum Gasteiger partial charge on any atom is 0.330 e. The Morgan fingerprint density at radius 3 is 2.52 bits per heavy atom. The Labute approximate surface area is 164 Å². The molecule has 5 nitrogen and oxygen atoms in total. The topological polar surface area (TPSA) is 54.0 Å². The summed E-state index contributed by atoms with van der Waals surface area (Å²) in [5.41, 5.74) is 0. The minimum absolute atomic E-state index is 0.123. The fourth-order valence-corrected chi connectivity index (χ4v) is 4.31. The van der Waals surface area contributed by atoms with Gasteiger partial charge in [-0.2, -0.15) is 0 Å². The van der Waals surface area contributed by atoms with Crippen LogP contribution < -0.4 is 0 Å². The van der Waals surface area contributed by atoms with Gasteiger partial charge in [-0.3, -0.25) is 0 Å². The maximum absolute atomic E-state index is 11.2. The molecule has 2 aliphatic rings. The smallest absolute Gasteiger partial charge is 0.330 e. The van der Waals surface area contributed by atoms with E-state index in [9.17, 15) is 4.79 Å². The monoisotopic (exact) mass is 382 g/mol. The van der Waals surface area contributed by atoms with Crippen LogP contribution in [0, 0.1) is 17.8 Å². The predicted octanol–water partition coefficient (Wildman–Crippen LogP) is 4.49. The summed E-state index contributed by atoms with van der Waals surface area (Å²) in [4.78, 5) is 11.2. The number of carbonyl (C=O) groups is 1. The molecule has 0 aromatic rings. The van der Waals surface area contributed by atoms with Crippen molar-refractivity contribution >= 4 is 5.97 Å². The van der Waals surface area contributed by atoms with Gasteiger partial charge in [0.15, 0.2) is 5.79 Å². The second kappa shape index (κ2) is 9.53. The number of hydrogen-bond donors (Lipinski definition) is 0. The van der Waals surface area contributed by atoms with Crippen LogP contribution in [-0.2, 0) is 23.7 Å². The molecular weight excluding hydrogens is 344 g/mol. The van der Waals surface area contributed by atoms with E-state index < -0.39 is 5.79 Å². The van der Waals surface area contributed by atoms with Crippen LogP contribution in [-0.4, -0.2) is 43.3 Å². The first-order valence-corrected chi connectivity index (χ1v) is 10.4. The molecule has 2 rings (SSSR count). The highest BCUT2D eigenvalue weighted by molar-refractivity contribution is 5.81. The molecule has 2 saturated heterocycles. The summed E-state index contributed by atoms with van der Waals surface area (Å²) in [5, 5.41) is 0. The second-order valence-electron chi connectivity index (χ2n) is 8.99. The summed E-state index contributed by atoms with van der Waals surface area (Å²) in [6.07, 6.45) is 7.75. The third-order valence-corrected chi connectivity index (χ3v) is 5.88. The molecule has 27 heavy (non-hydrogen) atoms. The average molecular weight is 383 g/mol. The first kappa shape index (κ1) is 22.4. The van der Waals surface area contributed by atoms with Crippen LogP contribution in [0.25, 0.3) is 0 Å². The lowest BCUT2D eigenvalue weighted by Gasteiger charge is -2.48. The summed E-state index contributed by atoms with van der Waals surface area (Å²) < 4.78 is 23.5. The summed E-state index contributed by atoms with van der Waals surface area (Å²) in [6, 6.07) is 0. The normalized spacial score (nSPS) is 36.9. The largest absolute Gasteiger partial charge is 0.466 e. The highest BCUT2D eigenvalue weighted by Crippen LogP contribution is 2.39. The molecule has 0 aliphatic carbocycles. The van der Waals surface area contributed by atoms with E-state index in [2.05, 4.69) is 32.4 Å². The molecule has 0 aromatic carbocycles. The molecule has 0 radical (unpaired) electrons. The minimum Gasteiger partial charge on any atom is -0.466 e. The van der Waals surface area contributed by atoms with Crippen LogP contribution >= 0.6 is 0 Å². The van der Waals surface area contributed by atoms with Crippen molar-refractivity contribution < 1.29 is 23.7 Å². The molecule has 5 heteroatoms. The van der Waals surface area contributed by atoms with Gasteiger partial charge in [0.2, 0.25) is 0 Å². The zero-order valence-electron chi connectivity index (χ0n) is 18.1. The van der Waals surface area contributed by atoms with E-state index in [0.29, 0.717) is 17.8 Å². The van der Waals surface area contributed by atoms with Crippen molar-refractivity contribution in [1.82, 2.24) is 0 Å². The number of carbonyl (C=O) groups excluding carboxylic acids is 1. The van der Waals surface area contributed by atoms with Crippen LogP contribution in [0.1, 0.15) is 67.2 Å². The molecule has 0 aromatic heterocycles. The first-order valence-electron chi connectivity index (χ1n) is 10.4. The van der Waals surface area contributed by atoms with Crippen LogP contribution in [0.4, 0.5) is 0 Å². The van der Waals surface area contributed by atoms with E-state index >= 15 is 0 Å². The molecule has 0 N–H and O–H groups in total. The SMILES string of the molecule is COC(=O)/C=C/C[C@@H]1CC[C@H](C)[C@@H](C[C@@H]2OC(C)(C)O[C@H](C(C)C)[C@H]2C)O1. The molecule has 0 bridgehead atoms. The van der Waals surface area contributed by atoms with Crippen molar-refractivity contribution in [1.29, 1.82) is 0 Å². The zero-order valence-corrected chi connectivity index (χ0v) is 18.1. The van der Waals surface area contributed by atoms with Crippen molar-refractivity contribution in [2.75, 3.05) is 7.11 Å². The Balaban J connectivity index is 1.98. The van der Waals surface area contributed by atoms with Crippen molar-refractivity contribution in [3.05, 3.63) is 12.2 Å². The fraction of sp³-hybridized carbons (Fsp3) is 0.864.